The average Bonchev–Trinajstić information content (AvgIpc) is 2.56. The summed E-state index contributed by atoms with van der Waals surface area (Å²) in [6.07, 6.45) is 6.31. The van der Waals surface area contributed by atoms with Crippen molar-refractivity contribution in [1.29, 1.82) is 0 Å². The summed E-state index contributed by atoms with van der Waals surface area (Å²) in [5, 5.41) is 0. The molecule has 0 saturated heterocycles. The van der Waals surface area contributed by atoms with Crippen LogP contribution in [0.3, 0.4) is 0 Å². The summed E-state index contributed by atoms with van der Waals surface area (Å²) in [7, 11) is -3.54. The van der Waals surface area contributed by atoms with Crippen LogP contribution in [0.2, 0.25) is 0 Å². The summed E-state index contributed by atoms with van der Waals surface area (Å²) in [6, 6.07) is 0. The highest BCUT2D eigenvalue weighted by Gasteiger charge is 2.16. The molecule has 1 rings (SSSR count). The zero-order valence-electron chi connectivity index (χ0n) is 7.49. The minimum Gasteiger partial charge on any atom is -0.266 e. The van der Waals surface area contributed by atoms with Crippen LogP contribution in [0.4, 0.5) is 0 Å². The summed E-state index contributed by atoms with van der Waals surface area (Å²) in [5.41, 5.74) is 2.59. The number of allylic oxidation sites excluding steroid dienone is 2. The van der Waals surface area contributed by atoms with Gasteiger partial charge in [-0.25, -0.2) is 0 Å². The van der Waals surface area contributed by atoms with Crippen LogP contribution in [0.15, 0.2) is 28.9 Å². The molecule has 0 aliphatic heterocycles. The molecule has 0 fully saturated rings. The summed E-state index contributed by atoms with van der Waals surface area (Å²) >= 11 is 0. The van der Waals surface area contributed by atoms with Crippen molar-refractivity contribution in [1.82, 2.24) is 0 Å². The third kappa shape index (κ3) is 2.84. The zero-order valence-corrected chi connectivity index (χ0v) is 8.30. The Labute approximate surface area is 78.5 Å². The van der Waals surface area contributed by atoms with Crippen LogP contribution in [0.5, 0.6) is 0 Å². The molecule has 0 spiro atoms. The Hall–Kier alpha value is -0.830. The first kappa shape index (κ1) is 10.3. The molecule has 0 heterocycles. The smallest absolute Gasteiger partial charge is 0.266 e. The first-order chi connectivity index (χ1) is 6.17. The third-order valence-electron chi connectivity index (χ3n) is 1.58. The molecule has 0 saturated carbocycles. The van der Waals surface area contributed by atoms with E-state index in [-0.39, 0.29) is 11.5 Å². The third-order valence-corrected chi connectivity index (χ3v) is 2.84. The number of rotatable bonds is 5. The van der Waals surface area contributed by atoms with Gasteiger partial charge in [0.25, 0.3) is 0 Å². The number of unbranched alkanes of at least 4 members (excludes halogenated alkanes) is 1. The highest BCUT2D eigenvalue weighted by molar-refractivity contribution is 7.90. The maximum atomic E-state index is 11.3. The van der Waals surface area contributed by atoms with Crippen molar-refractivity contribution < 1.29 is 12.6 Å². The largest absolute Gasteiger partial charge is 0.304 e. The van der Waals surface area contributed by atoms with Crippen molar-refractivity contribution in [3.05, 3.63) is 28.9 Å². The van der Waals surface area contributed by atoms with E-state index in [1.807, 2.05) is 6.92 Å². The van der Waals surface area contributed by atoms with Crippen molar-refractivity contribution in [3.63, 3.8) is 0 Å². The molecule has 0 aromatic rings. The van der Waals surface area contributed by atoms with E-state index in [1.165, 1.54) is 6.08 Å². The number of hydrogen-bond donors (Lipinski definition) is 0. The van der Waals surface area contributed by atoms with Crippen molar-refractivity contribution >= 4 is 10.1 Å². The molecule has 0 aromatic heterocycles. The lowest BCUT2D eigenvalue weighted by atomic mass is 10.4. The van der Waals surface area contributed by atoms with E-state index in [9.17, 15) is 8.42 Å². The quantitative estimate of drug-likeness (QED) is 0.386. The molecule has 13 heavy (non-hydrogen) atoms. The molecule has 0 atom stereocenters. The van der Waals surface area contributed by atoms with Crippen LogP contribution in [0.25, 0.3) is 0 Å². The Balaban J connectivity index is 2.57. The van der Waals surface area contributed by atoms with Crippen molar-refractivity contribution in [2.75, 3.05) is 6.61 Å². The number of hydrogen-bond acceptors (Lipinski definition) is 3. The van der Waals surface area contributed by atoms with E-state index in [4.69, 9.17) is 4.18 Å². The Morgan fingerprint density at radius 2 is 2.31 bits per heavy atom. The molecule has 1 aliphatic rings. The maximum Gasteiger partial charge on any atom is 0.304 e. The van der Waals surface area contributed by atoms with Gasteiger partial charge in [0.2, 0.25) is 0 Å². The van der Waals surface area contributed by atoms with Crippen LogP contribution < -0.4 is 0 Å². The summed E-state index contributed by atoms with van der Waals surface area (Å²) in [6.45, 7) is 2.22. The average molecular weight is 200 g/mol. The normalized spacial score (nSPS) is 15.0. The molecular weight excluding hydrogens is 188 g/mol. The van der Waals surface area contributed by atoms with Crippen LogP contribution >= 0.6 is 0 Å². The summed E-state index contributed by atoms with van der Waals surface area (Å²) in [4.78, 5) is 0.114. The Morgan fingerprint density at radius 1 is 1.54 bits per heavy atom. The van der Waals surface area contributed by atoms with Gasteiger partial charge in [-0.05, 0) is 18.6 Å². The molecule has 0 radical (unpaired) electrons. The second-order valence-electron chi connectivity index (χ2n) is 2.66. The van der Waals surface area contributed by atoms with Crippen molar-refractivity contribution in [3.8, 4) is 0 Å². The van der Waals surface area contributed by atoms with Gasteiger partial charge in [0, 0.05) is 0 Å². The molecule has 0 aromatic carbocycles. The van der Waals surface area contributed by atoms with Crippen molar-refractivity contribution in [2.24, 2.45) is 0 Å². The lowest BCUT2D eigenvalue weighted by molar-refractivity contribution is 0.315. The van der Waals surface area contributed by atoms with Crippen LogP contribution in [0, 0.1) is 0 Å². The maximum absolute atomic E-state index is 11.3. The van der Waals surface area contributed by atoms with Gasteiger partial charge < -0.3 is 0 Å². The van der Waals surface area contributed by atoms with Gasteiger partial charge in [-0.3, -0.25) is 4.18 Å². The zero-order chi connectivity index (χ0) is 9.73. The molecule has 72 valence electrons. The highest BCUT2D eigenvalue weighted by Crippen LogP contribution is 2.13. The fourth-order valence-electron chi connectivity index (χ4n) is 0.846. The Kier molecular flexibility index (Phi) is 3.48. The van der Waals surface area contributed by atoms with E-state index < -0.39 is 10.1 Å². The monoisotopic (exact) mass is 200 g/mol. The summed E-state index contributed by atoms with van der Waals surface area (Å²) < 4.78 is 27.4. The van der Waals surface area contributed by atoms with Gasteiger partial charge in [-0.1, -0.05) is 25.2 Å². The van der Waals surface area contributed by atoms with Gasteiger partial charge >= 0.3 is 10.1 Å². The van der Waals surface area contributed by atoms with Gasteiger partial charge in [-0.15, -0.1) is 0 Å². The van der Waals surface area contributed by atoms with E-state index >= 15 is 0 Å². The molecule has 1 aliphatic carbocycles. The molecule has 0 N–H and O–H groups in total. The van der Waals surface area contributed by atoms with E-state index in [1.54, 1.807) is 12.2 Å². The molecule has 3 nitrogen and oxygen atoms in total. The van der Waals surface area contributed by atoms with Gasteiger partial charge in [0.05, 0.1) is 6.61 Å². The molecular formula is C9H12O3S. The molecule has 0 unspecified atom stereocenters. The Bertz CT molecular complexity index is 356. The van der Waals surface area contributed by atoms with Gasteiger partial charge in [0.1, 0.15) is 4.91 Å². The van der Waals surface area contributed by atoms with Crippen molar-refractivity contribution in [2.45, 2.75) is 19.8 Å². The highest BCUT2D eigenvalue weighted by atomic mass is 32.2. The van der Waals surface area contributed by atoms with E-state index in [0.29, 0.717) is 0 Å². The fraction of sp³-hybridized carbons (Fsp3) is 0.444. The lowest BCUT2D eigenvalue weighted by Gasteiger charge is -2.02. The predicted molar refractivity (Wildman–Crippen MR) is 50.5 cm³/mol. The van der Waals surface area contributed by atoms with Crippen LogP contribution in [0.1, 0.15) is 19.8 Å². The minimum absolute atomic E-state index is 0.114. The minimum atomic E-state index is -3.54. The van der Waals surface area contributed by atoms with E-state index in [0.717, 1.165) is 12.8 Å². The van der Waals surface area contributed by atoms with Gasteiger partial charge in [0.15, 0.2) is 0 Å². The predicted octanol–water partition coefficient (Wildman–Crippen LogP) is 1.74. The molecule has 0 bridgehead atoms. The lowest BCUT2D eigenvalue weighted by Crippen LogP contribution is -2.07. The molecule has 0 amide bonds. The second kappa shape index (κ2) is 4.42. The summed E-state index contributed by atoms with van der Waals surface area (Å²) in [5.74, 6) is 0. The SMILES string of the molecule is CCCCOS(=O)(=O)C1=C=CC=C1. The first-order valence-corrected chi connectivity index (χ1v) is 5.60. The van der Waals surface area contributed by atoms with E-state index in [2.05, 4.69) is 5.73 Å². The van der Waals surface area contributed by atoms with Crippen LogP contribution in [-0.2, 0) is 14.3 Å². The fourth-order valence-corrected chi connectivity index (χ4v) is 1.77. The standard InChI is InChI=1S/C9H12O3S/c1-2-3-8-12-13(10,11)9-6-4-5-7-9/h4-6H,2-3,8H2,1H3. The van der Waals surface area contributed by atoms with Gasteiger partial charge in [-0.2, -0.15) is 8.42 Å². The second-order valence-corrected chi connectivity index (χ2v) is 4.25. The topological polar surface area (TPSA) is 43.4 Å². The molecule has 4 heteroatoms. The van der Waals surface area contributed by atoms with Crippen LogP contribution in [-0.4, -0.2) is 15.0 Å². The first-order valence-electron chi connectivity index (χ1n) is 4.19. The Morgan fingerprint density at radius 3 is 2.85 bits per heavy atom.